The molecule has 0 atom stereocenters. The third-order valence-corrected chi connectivity index (χ3v) is 4.38. The van der Waals surface area contributed by atoms with Crippen molar-refractivity contribution in [3.63, 3.8) is 0 Å². The van der Waals surface area contributed by atoms with Gasteiger partial charge in [-0.3, -0.25) is 4.79 Å². The molecule has 1 heterocycles. The molecule has 0 aliphatic carbocycles. The van der Waals surface area contributed by atoms with Crippen molar-refractivity contribution in [1.29, 1.82) is 0 Å². The van der Waals surface area contributed by atoms with E-state index in [9.17, 15) is 4.79 Å². The number of aryl methyl sites for hydroxylation is 2. The maximum Gasteiger partial charge on any atom is 0.260 e. The molecule has 0 unspecified atom stereocenters. The summed E-state index contributed by atoms with van der Waals surface area (Å²) in [5, 5.41) is 10.3. The highest BCUT2D eigenvalue weighted by Gasteiger charge is 2.16. The van der Waals surface area contributed by atoms with Crippen LogP contribution in [0, 0.1) is 13.8 Å². The van der Waals surface area contributed by atoms with Crippen LogP contribution >= 0.6 is 0 Å². The second-order valence-electron chi connectivity index (χ2n) is 6.34. The summed E-state index contributed by atoms with van der Waals surface area (Å²) in [6, 6.07) is 9.31. The number of ether oxygens (including phenoxy) is 3. The number of H-pyrrole nitrogens is 1. The number of aliphatic hydroxyl groups is 1. The number of benzene rings is 2. The summed E-state index contributed by atoms with van der Waals surface area (Å²) < 4.78 is 16.4. The normalized spacial score (nSPS) is 10.9. The average molecular weight is 369 g/mol. The molecule has 0 aliphatic rings. The van der Waals surface area contributed by atoms with Crippen molar-refractivity contribution in [1.82, 2.24) is 4.98 Å². The predicted molar refractivity (Wildman–Crippen MR) is 105 cm³/mol. The van der Waals surface area contributed by atoms with E-state index in [0.717, 1.165) is 16.7 Å². The highest BCUT2D eigenvalue weighted by molar-refractivity contribution is 5.92. The zero-order valence-corrected chi connectivity index (χ0v) is 15.9. The van der Waals surface area contributed by atoms with E-state index in [4.69, 9.17) is 19.3 Å². The lowest BCUT2D eigenvalue weighted by Gasteiger charge is -2.16. The van der Waals surface area contributed by atoms with Crippen LogP contribution in [0.3, 0.4) is 0 Å². The maximum atomic E-state index is 12.8. The van der Waals surface area contributed by atoms with Crippen molar-refractivity contribution >= 4 is 10.8 Å². The summed E-state index contributed by atoms with van der Waals surface area (Å²) in [6.07, 6.45) is 0. The Morgan fingerprint density at radius 2 is 1.81 bits per heavy atom. The van der Waals surface area contributed by atoms with E-state index in [1.807, 2.05) is 32.0 Å². The third kappa shape index (κ3) is 3.61. The number of aromatic amines is 1. The number of rotatable bonds is 6. The fourth-order valence-electron chi connectivity index (χ4n) is 3.26. The first-order chi connectivity index (χ1) is 13.0. The summed E-state index contributed by atoms with van der Waals surface area (Å²) in [4.78, 5) is 15.7. The highest BCUT2D eigenvalue weighted by Crippen LogP contribution is 2.36. The van der Waals surface area contributed by atoms with Gasteiger partial charge in [-0.25, -0.2) is 0 Å². The Hall–Kier alpha value is -2.99. The van der Waals surface area contributed by atoms with E-state index in [1.54, 1.807) is 19.2 Å². The number of hydrogen-bond acceptors (Lipinski definition) is 5. The Kier molecular flexibility index (Phi) is 5.37. The summed E-state index contributed by atoms with van der Waals surface area (Å²) in [5.41, 5.74) is 3.11. The van der Waals surface area contributed by atoms with Crippen molar-refractivity contribution in [3.8, 4) is 28.5 Å². The van der Waals surface area contributed by atoms with Crippen LogP contribution in [0.1, 0.15) is 11.1 Å². The summed E-state index contributed by atoms with van der Waals surface area (Å²) in [7, 11) is 3.09. The van der Waals surface area contributed by atoms with Gasteiger partial charge in [0.25, 0.3) is 5.56 Å². The number of aromatic nitrogens is 1. The summed E-state index contributed by atoms with van der Waals surface area (Å²) >= 11 is 0. The first-order valence-corrected chi connectivity index (χ1v) is 8.62. The molecule has 0 spiro atoms. The van der Waals surface area contributed by atoms with Gasteiger partial charge in [-0.15, -0.1) is 0 Å². The van der Waals surface area contributed by atoms with Crippen LogP contribution in [0.4, 0.5) is 0 Å². The van der Waals surface area contributed by atoms with E-state index < -0.39 is 0 Å². The van der Waals surface area contributed by atoms with Crippen molar-refractivity contribution in [2.45, 2.75) is 13.8 Å². The van der Waals surface area contributed by atoms with Crippen LogP contribution in [0.25, 0.3) is 22.0 Å². The number of aliphatic hydroxyl groups excluding tert-OH is 1. The molecule has 0 bridgehead atoms. The lowest BCUT2D eigenvalue weighted by molar-refractivity contribution is 0.201. The molecule has 0 saturated carbocycles. The molecule has 0 aliphatic heterocycles. The quantitative estimate of drug-likeness (QED) is 0.697. The van der Waals surface area contributed by atoms with Gasteiger partial charge in [0.2, 0.25) is 0 Å². The molecule has 6 nitrogen and oxygen atoms in total. The highest BCUT2D eigenvalue weighted by atomic mass is 16.5. The van der Waals surface area contributed by atoms with Gasteiger partial charge in [0, 0.05) is 11.6 Å². The average Bonchev–Trinajstić information content (AvgIpc) is 2.65. The van der Waals surface area contributed by atoms with Crippen molar-refractivity contribution in [2.75, 3.05) is 27.4 Å². The lowest BCUT2D eigenvalue weighted by atomic mass is 10.0. The molecule has 2 N–H and O–H groups in total. The first kappa shape index (κ1) is 18.8. The molecule has 3 aromatic rings. The summed E-state index contributed by atoms with van der Waals surface area (Å²) in [5.74, 6) is 1.70. The first-order valence-electron chi connectivity index (χ1n) is 8.62. The minimum absolute atomic E-state index is 0.0879. The number of fused-ring (bicyclic) bond motifs is 1. The van der Waals surface area contributed by atoms with Gasteiger partial charge in [-0.05, 0) is 48.6 Å². The number of pyridine rings is 1. The van der Waals surface area contributed by atoms with Gasteiger partial charge in [0.05, 0.1) is 31.9 Å². The smallest absolute Gasteiger partial charge is 0.260 e. The second-order valence-corrected chi connectivity index (χ2v) is 6.34. The lowest BCUT2D eigenvalue weighted by Crippen LogP contribution is -2.10. The zero-order valence-electron chi connectivity index (χ0n) is 15.9. The van der Waals surface area contributed by atoms with Gasteiger partial charge in [-0.1, -0.05) is 6.07 Å². The standard InChI is InChI=1S/C21H23NO5/c1-12-7-13(2)20(27-6-5-23)16(8-12)17-10-14-9-15(25-3)11-18(26-4)19(14)21(24)22-17/h7-11,23H,5-6H2,1-4H3,(H,22,24). The molecular weight excluding hydrogens is 346 g/mol. The minimum Gasteiger partial charge on any atom is -0.497 e. The van der Waals surface area contributed by atoms with Crippen LogP contribution in [0.15, 0.2) is 35.1 Å². The minimum atomic E-state index is -0.255. The monoisotopic (exact) mass is 369 g/mol. The van der Waals surface area contributed by atoms with Crippen molar-refractivity contribution < 1.29 is 19.3 Å². The van der Waals surface area contributed by atoms with Gasteiger partial charge in [0.1, 0.15) is 23.9 Å². The second kappa shape index (κ2) is 7.72. The third-order valence-electron chi connectivity index (χ3n) is 4.38. The van der Waals surface area contributed by atoms with Gasteiger partial charge in [0.15, 0.2) is 0 Å². The van der Waals surface area contributed by atoms with E-state index in [1.165, 1.54) is 7.11 Å². The number of nitrogens with one attached hydrogen (secondary N) is 1. The molecule has 2 aromatic carbocycles. The van der Waals surface area contributed by atoms with Crippen LogP contribution in [-0.4, -0.2) is 37.5 Å². The molecular formula is C21H23NO5. The molecule has 0 saturated heterocycles. The number of hydrogen-bond donors (Lipinski definition) is 2. The van der Waals surface area contributed by atoms with Crippen LogP contribution in [0.2, 0.25) is 0 Å². The van der Waals surface area contributed by atoms with Crippen molar-refractivity contribution in [3.05, 3.63) is 51.8 Å². The van der Waals surface area contributed by atoms with E-state index in [2.05, 4.69) is 4.98 Å². The van der Waals surface area contributed by atoms with Crippen molar-refractivity contribution in [2.24, 2.45) is 0 Å². The molecule has 0 amide bonds. The molecule has 6 heteroatoms. The fourth-order valence-corrected chi connectivity index (χ4v) is 3.26. The Morgan fingerprint density at radius 1 is 1.04 bits per heavy atom. The molecule has 0 fully saturated rings. The molecule has 27 heavy (non-hydrogen) atoms. The maximum absolute atomic E-state index is 12.8. The van der Waals surface area contributed by atoms with Crippen LogP contribution in [-0.2, 0) is 0 Å². The van der Waals surface area contributed by atoms with Gasteiger partial charge in [-0.2, -0.15) is 0 Å². The Morgan fingerprint density at radius 3 is 2.48 bits per heavy atom. The van der Waals surface area contributed by atoms with Crippen LogP contribution in [0.5, 0.6) is 17.2 Å². The van der Waals surface area contributed by atoms with E-state index in [-0.39, 0.29) is 18.8 Å². The zero-order chi connectivity index (χ0) is 19.6. The number of methoxy groups -OCH3 is 2. The van der Waals surface area contributed by atoms with Crippen LogP contribution < -0.4 is 19.8 Å². The molecule has 142 valence electrons. The molecule has 1 aromatic heterocycles. The topological polar surface area (TPSA) is 80.8 Å². The predicted octanol–water partition coefficient (Wildman–Crippen LogP) is 3.20. The van der Waals surface area contributed by atoms with E-state index >= 15 is 0 Å². The largest absolute Gasteiger partial charge is 0.497 e. The van der Waals surface area contributed by atoms with Gasteiger partial charge >= 0.3 is 0 Å². The Balaban J connectivity index is 2.28. The molecule has 3 rings (SSSR count). The van der Waals surface area contributed by atoms with Gasteiger partial charge < -0.3 is 24.3 Å². The summed E-state index contributed by atoms with van der Waals surface area (Å²) in [6.45, 7) is 4.01. The fraction of sp³-hybridized carbons (Fsp3) is 0.286. The Bertz CT molecular complexity index is 1040. The SMILES string of the molecule is COc1cc(OC)c2c(=O)[nH]c(-c3cc(C)cc(C)c3OCCO)cc2c1. The van der Waals surface area contributed by atoms with E-state index in [0.29, 0.717) is 33.7 Å². The molecule has 0 radical (unpaired) electrons. The Labute approximate surface area is 157 Å².